The Morgan fingerprint density at radius 2 is 2.03 bits per heavy atom. The first-order valence-corrected chi connectivity index (χ1v) is 12.1. The van der Waals surface area contributed by atoms with Gasteiger partial charge in [-0.3, -0.25) is 4.79 Å². The van der Waals surface area contributed by atoms with Crippen molar-refractivity contribution in [3.63, 3.8) is 0 Å². The molecule has 0 saturated heterocycles. The number of H-pyrrole nitrogens is 1. The summed E-state index contributed by atoms with van der Waals surface area (Å²) in [4.78, 5) is 16.9. The monoisotopic (exact) mass is 490 g/mol. The van der Waals surface area contributed by atoms with Crippen LogP contribution in [0.25, 0.3) is 10.9 Å². The van der Waals surface area contributed by atoms with Crippen molar-refractivity contribution in [2.24, 2.45) is 0 Å². The lowest BCUT2D eigenvalue weighted by Gasteiger charge is -2.19. The van der Waals surface area contributed by atoms with Crippen LogP contribution in [0.2, 0.25) is 0 Å². The third-order valence-electron chi connectivity index (χ3n) is 5.89. The molecule has 2 N–H and O–H groups in total. The number of ether oxygens (including phenoxy) is 2. The largest absolute Gasteiger partial charge is 0.486 e. The second kappa shape index (κ2) is 9.35. The summed E-state index contributed by atoms with van der Waals surface area (Å²) in [5.41, 5.74) is 1.20. The molecule has 1 aliphatic heterocycles. The fourth-order valence-electron chi connectivity index (χ4n) is 4.14. The quantitative estimate of drug-likeness (QED) is 0.341. The number of aromatic nitrogens is 5. The molecule has 0 fully saturated rings. The average Bonchev–Trinajstić information content (AvgIpc) is 3.65. The van der Waals surface area contributed by atoms with Crippen LogP contribution in [-0.4, -0.2) is 38.4 Å². The van der Waals surface area contributed by atoms with Gasteiger partial charge in [0.2, 0.25) is 0 Å². The molecule has 178 valence electrons. The van der Waals surface area contributed by atoms with E-state index >= 15 is 0 Å². The molecular formula is C24H22N6O4S. The van der Waals surface area contributed by atoms with Crippen molar-refractivity contribution < 1.29 is 13.9 Å². The van der Waals surface area contributed by atoms with E-state index in [2.05, 4.69) is 31.9 Å². The summed E-state index contributed by atoms with van der Waals surface area (Å²) in [6.07, 6.45) is 2.18. The smallest absolute Gasteiger partial charge is 0.252 e. The number of nitrogens with one attached hydrogen (secondary N) is 2. The fourth-order valence-corrected chi connectivity index (χ4v) is 4.94. The van der Waals surface area contributed by atoms with Gasteiger partial charge in [0.1, 0.15) is 25.5 Å². The predicted molar refractivity (Wildman–Crippen MR) is 129 cm³/mol. The fraction of sp³-hybridized carbons (Fsp3) is 0.250. The van der Waals surface area contributed by atoms with Gasteiger partial charge in [0.25, 0.3) is 5.56 Å². The molecule has 0 saturated carbocycles. The highest BCUT2D eigenvalue weighted by molar-refractivity contribution is 7.10. The highest BCUT2D eigenvalue weighted by Gasteiger charge is 2.19. The molecule has 0 amide bonds. The van der Waals surface area contributed by atoms with E-state index in [1.165, 1.54) is 0 Å². The maximum atomic E-state index is 12.8. The third kappa shape index (κ3) is 4.55. The van der Waals surface area contributed by atoms with Crippen LogP contribution >= 0.6 is 11.3 Å². The minimum atomic E-state index is -0.144. The summed E-state index contributed by atoms with van der Waals surface area (Å²) in [7, 11) is 0. The number of tetrazole rings is 1. The lowest BCUT2D eigenvalue weighted by atomic mass is 10.1. The van der Waals surface area contributed by atoms with Gasteiger partial charge < -0.3 is 24.2 Å². The van der Waals surface area contributed by atoms with E-state index in [1.54, 1.807) is 22.3 Å². The van der Waals surface area contributed by atoms with Crippen LogP contribution < -0.4 is 20.3 Å². The van der Waals surface area contributed by atoms with Crippen LogP contribution in [-0.2, 0) is 19.5 Å². The second-order valence-corrected chi connectivity index (χ2v) is 9.17. The Morgan fingerprint density at radius 1 is 1.14 bits per heavy atom. The van der Waals surface area contributed by atoms with Crippen LogP contribution in [0.4, 0.5) is 0 Å². The molecule has 1 atom stereocenters. The molecular weight excluding hydrogens is 468 g/mol. The molecule has 6 rings (SSSR count). The molecule has 35 heavy (non-hydrogen) atoms. The number of rotatable bonds is 8. The van der Waals surface area contributed by atoms with E-state index in [9.17, 15) is 4.79 Å². The van der Waals surface area contributed by atoms with E-state index in [-0.39, 0.29) is 11.6 Å². The first-order chi connectivity index (χ1) is 17.2. The van der Waals surface area contributed by atoms with E-state index < -0.39 is 0 Å². The SMILES string of the molecule is O=c1[nH]c2cc3c(cc2cc1CNC(Cc1nnnn1Cc1ccco1)c1cccs1)OCCO3. The van der Waals surface area contributed by atoms with Crippen molar-refractivity contribution in [3.05, 3.63) is 86.5 Å². The first kappa shape index (κ1) is 21.6. The first-order valence-electron chi connectivity index (χ1n) is 11.2. The molecule has 5 aromatic rings. The Hall–Kier alpha value is -3.96. The van der Waals surface area contributed by atoms with Gasteiger partial charge in [-0.05, 0) is 46.1 Å². The van der Waals surface area contributed by atoms with Crippen molar-refractivity contribution in [1.82, 2.24) is 30.5 Å². The molecule has 10 nitrogen and oxygen atoms in total. The summed E-state index contributed by atoms with van der Waals surface area (Å²) in [6.45, 7) is 1.84. The van der Waals surface area contributed by atoms with Crippen molar-refractivity contribution in [3.8, 4) is 11.5 Å². The Balaban J connectivity index is 1.24. The predicted octanol–water partition coefficient (Wildman–Crippen LogP) is 3.06. The lowest BCUT2D eigenvalue weighted by Crippen LogP contribution is -2.27. The topological polar surface area (TPSA) is 120 Å². The van der Waals surface area contributed by atoms with Crippen LogP contribution in [0.3, 0.4) is 0 Å². The zero-order valence-corrected chi connectivity index (χ0v) is 19.5. The van der Waals surface area contributed by atoms with E-state index in [0.717, 1.165) is 27.4 Å². The normalized spacial score (nSPS) is 13.8. The van der Waals surface area contributed by atoms with Crippen LogP contribution in [0.5, 0.6) is 11.5 Å². The second-order valence-electron chi connectivity index (χ2n) is 8.19. The minimum Gasteiger partial charge on any atom is -0.486 e. The van der Waals surface area contributed by atoms with Crippen molar-refractivity contribution >= 4 is 22.2 Å². The van der Waals surface area contributed by atoms with E-state index in [0.29, 0.717) is 49.8 Å². The Morgan fingerprint density at radius 3 is 2.83 bits per heavy atom. The van der Waals surface area contributed by atoms with Crippen LogP contribution in [0, 0.1) is 0 Å². The summed E-state index contributed by atoms with van der Waals surface area (Å²) in [5.74, 6) is 2.84. The van der Waals surface area contributed by atoms with Gasteiger partial charge in [-0.2, -0.15) is 0 Å². The molecule has 1 aliphatic rings. The molecule has 0 spiro atoms. The Kier molecular flexibility index (Phi) is 5.76. The maximum Gasteiger partial charge on any atom is 0.252 e. The van der Waals surface area contributed by atoms with Gasteiger partial charge in [0.15, 0.2) is 17.3 Å². The van der Waals surface area contributed by atoms with Gasteiger partial charge in [-0.1, -0.05) is 6.07 Å². The average molecular weight is 491 g/mol. The summed E-state index contributed by atoms with van der Waals surface area (Å²) in [6, 6.07) is 13.3. The summed E-state index contributed by atoms with van der Waals surface area (Å²) >= 11 is 1.65. The highest BCUT2D eigenvalue weighted by atomic mass is 32.1. The zero-order valence-electron chi connectivity index (χ0n) is 18.6. The van der Waals surface area contributed by atoms with Gasteiger partial charge in [-0.15, -0.1) is 16.4 Å². The number of nitrogens with zero attached hydrogens (tertiary/aromatic N) is 4. The number of fused-ring (bicyclic) bond motifs is 2. The van der Waals surface area contributed by atoms with E-state index in [4.69, 9.17) is 13.9 Å². The van der Waals surface area contributed by atoms with Crippen molar-refractivity contribution in [2.45, 2.75) is 25.6 Å². The molecule has 0 radical (unpaired) electrons. The molecule has 1 unspecified atom stereocenters. The van der Waals surface area contributed by atoms with Gasteiger partial charge >= 0.3 is 0 Å². The molecule has 11 heteroatoms. The third-order valence-corrected chi connectivity index (χ3v) is 6.87. The number of hydrogen-bond acceptors (Lipinski definition) is 9. The number of hydrogen-bond donors (Lipinski definition) is 2. The Labute approximate surface area is 203 Å². The minimum absolute atomic E-state index is 0.0771. The van der Waals surface area contributed by atoms with Gasteiger partial charge in [-0.25, -0.2) is 4.68 Å². The van der Waals surface area contributed by atoms with Gasteiger partial charge in [0.05, 0.1) is 11.8 Å². The number of pyridine rings is 1. The summed E-state index contributed by atoms with van der Waals surface area (Å²) < 4.78 is 18.5. The highest BCUT2D eigenvalue weighted by Crippen LogP contribution is 2.33. The lowest BCUT2D eigenvalue weighted by molar-refractivity contribution is 0.172. The van der Waals surface area contributed by atoms with Crippen LogP contribution in [0.15, 0.2) is 63.3 Å². The number of furan rings is 1. The molecule has 0 aliphatic carbocycles. The molecule has 4 aromatic heterocycles. The standard InChI is InChI=1S/C24H22N6O4S/c31-24-16(9-15-10-20-21(11-18(15)26-24)34-7-6-33-20)13-25-19(22-4-2-8-35-22)12-23-27-28-29-30(23)14-17-3-1-5-32-17/h1-5,8-11,19,25H,6-7,12-14H2,(H,26,31). The van der Waals surface area contributed by atoms with Crippen molar-refractivity contribution in [2.75, 3.05) is 13.2 Å². The van der Waals surface area contributed by atoms with Crippen molar-refractivity contribution in [1.29, 1.82) is 0 Å². The number of thiophene rings is 1. The molecule has 5 heterocycles. The number of benzene rings is 1. The molecule has 0 bridgehead atoms. The Bertz CT molecular complexity index is 1490. The summed E-state index contributed by atoms with van der Waals surface area (Å²) in [5, 5.41) is 18.7. The number of aromatic amines is 1. The zero-order chi connectivity index (χ0) is 23.6. The van der Waals surface area contributed by atoms with E-state index in [1.807, 2.05) is 41.8 Å². The molecule has 1 aromatic carbocycles. The van der Waals surface area contributed by atoms with Gasteiger partial charge in [0, 0.05) is 40.9 Å². The maximum absolute atomic E-state index is 12.8. The van der Waals surface area contributed by atoms with Crippen LogP contribution in [0.1, 0.15) is 28.1 Å².